The number of oxazole rings is 1. The summed E-state index contributed by atoms with van der Waals surface area (Å²) in [5.41, 5.74) is 0.642. The molecule has 0 unspecified atom stereocenters. The summed E-state index contributed by atoms with van der Waals surface area (Å²) in [6.45, 7) is 7.68. The number of hydrogen-bond donors (Lipinski definition) is 1. The first-order chi connectivity index (χ1) is 18.0. The molecule has 2 aliphatic rings. The Morgan fingerprint density at radius 3 is 2.51 bits per heavy atom. The van der Waals surface area contributed by atoms with Crippen molar-refractivity contribution in [2.45, 2.75) is 23.3 Å². The Balaban J connectivity index is 1.43. The van der Waals surface area contributed by atoms with Crippen molar-refractivity contribution >= 4 is 15.7 Å². The molecule has 10 nitrogen and oxygen atoms in total. The highest BCUT2D eigenvalue weighted by Crippen LogP contribution is 2.37. The smallest absolute Gasteiger partial charge is 0.233 e. The lowest BCUT2D eigenvalue weighted by Gasteiger charge is -2.26. The van der Waals surface area contributed by atoms with Crippen LogP contribution < -0.4 is 19.5 Å². The van der Waals surface area contributed by atoms with E-state index < -0.39 is 9.84 Å². The van der Waals surface area contributed by atoms with E-state index in [-0.39, 0.29) is 21.7 Å². The molecule has 0 radical (unpaired) electrons. The molecule has 0 amide bonds. The average Bonchev–Trinajstić information content (AvgIpc) is 3.37. The van der Waals surface area contributed by atoms with Gasteiger partial charge in [0.05, 0.1) is 24.7 Å². The molecule has 11 heteroatoms. The topological polar surface area (TPSA) is 112 Å². The number of anilines is 1. The molecule has 198 valence electrons. The third-order valence-electron chi connectivity index (χ3n) is 6.07. The Kier molecular flexibility index (Phi) is 7.82. The summed E-state index contributed by atoms with van der Waals surface area (Å²) in [7, 11) is -4.03. The molecule has 0 aliphatic carbocycles. The predicted molar refractivity (Wildman–Crippen MR) is 136 cm³/mol. The van der Waals surface area contributed by atoms with E-state index in [1.807, 2.05) is 19.1 Å². The molecule has 0 bridgehead atoms. The fourth-order valence-electron chi connectivity index (χ4n) is 4.09. The van der Waals surface area contributed by atoms with Crippen LogP contribution in [0.1, 0.15) is 13.3 Å². The molecule has 3 heterocycles. The van der Waals surface area contributed by atoms with E-state index in [4.69, 9.17) is 23.4 Å². The number of ether oxygens (including phenoxy) is 4. The van der Waals surface area contributed by atoms with E-state index in [1.54, 1.807) is 18.2 Å². The lowest BCUT2D eigenvalue weighted by molar-refractivity contribution is 0.0398. The number of nitrogens with one attached hydrogen (secondary N) is 1. The molecule has 37 heavy (non-hydrogen) atoms. The van der Waals surface area contributed by atoms with Crippen LogP contribution in [0.4, 0.5) is 5.88 Å². The normalized spacial score (nSPS) is 15.9. The Hall–Kier alpha value is -3.28. The van der Waals surface area contributed by atoms with Gasteiger partial charge in [0.15, 0.2) is 11.5 Å². The molecule has 1 aromatic heterocycles. The van der Waals surface area contributed by atoms with E-state index in [9.17, 15) is 8.42 Å². The van der Waals surface area contributed by atoms with E-state index in [0.29, 0.717) is 63.2 Å². The maximum Gasteiger partial charge on any atom is 0.233 e. The molecular weight excluding hydrogens is 498 g/mol. The van der Waals surface area contributed by atoms with Crippen LogP contribution in [0.2, 0.25) is 0 Å². The number of rotatable bonds is 10. The van der Waals surface area contributed by atoms with Gasteiger partial charge in [-0.05, 0) is 42.8 Å². The maximum atomic E-state index is 13.7. The summed E-state index contributed by atoms with van der Waals surface area (Å²) in [5, 5.41) is 2.98. The minimum Gasteiger partial charge on any atom is -0.494 e. The van der Waals surface area contributed by atoms with Crippen LogP contribution >= 0.6 is 0 Å². The third-order valence-corrected chi connectivity index (χ3v) is 7.73. The molecule has 2 aliphatic heterocycles. The van der Waals surface area contributed by atoms with Crippen molar-refractivity contribution in [2.75, 3.05) is 64.5 Å². The van der Waals surface area contributed by atoms with E-state index in [1.165, 1.54) is 12.1 Å². The SMILES string of the molecule is CCCOc1ccc(-c2nc(S(=O)(=O)c3ccc4c(c3)OCCO4)c(NCCN3CCOCC3)o2)cc1. The van der Waals surface area contributed by atoms with Gasteiger partial charge in [-0.25, -0.2) is 8.42 Å². The van der Waals surface area contributed by atoms with Gasteiger partial charge in [0, 0.05) is 37.8 Å². The Bertz CT molecular complexity index is 1300. The molecule has 1 N–H and O–H groups in total. The summed E-state index contributed by atoms with van der Waals surface area (Å²) in [5.74, 6) is 1.93. The summed E-state index contributed by atoms with van der Waals surface area (Å²) >= 11 is 0. The van der Waals surface area contributed by atoms with Gasteiger partial charge in [0.2, 0.25) is 26.6 Å². The predicted octanol–water partition coefficient (Wildman–Crippen LogP) is 3.48. The zero-order valence-corrected chi connectivity index (χ0v) is 21.6. The van der Waals surface area contributed by atoms with Gasteiger partial charge in [-0.15, -0.1) is 0 Å². The van der Waals surface area contributed by atoms with E-state index >= 15 is 0 Å². The Labute approximate surface area is 216 Å². The van der Waals surface area contributed by atoms with Gasteiger partial charge in [-0.3, -0.25) is 4.90 Å². The molecule has 1 fully saturated rings. The van der Waals surface area contributed by atoms with Crippen molar-refractivity contribution in [2.24, 2.45) is 0 Å². The summed E-state index contributed by atoms with van der Waals surface area (Å²) in [6.07, 6.45) is 0.905. The van der Waals surface area contributed by atoms with E-state index in [0.717, 1.165) is 25.3 Å². The van der Waals surface area contributed by atoms with Crippen LogP contribution in [0, 0.1) is 0 Å². The highest BCUT2D eigenvalue weighted by Gasteiger charge is 2.30. The first kappa shape index (κ1) is 25.4. The molecule has 0 atom stereocenters. The maximum absolute atomic E-state index is 13.7. The van der Waals surface area contributed by atoms with Gasteiger partial charge in [-0.2, -0.15) is 4.98 Å². The van der Waals surface area contributed by atoms with Crippen molar-refractivity contribution in [3.63, 3.8) is 0 Å². The van der Waals surface area contributed by atoms with Crippen molar-refractivity contribution in [3.8, 4) is 28.7 Å². The van der Waals surface area contributed by atoms with Gasteiger partial charge in [0.1, 0.15) is 19.0 Å². The zero-order chi connectivity index (χ0) is 25.7. The number of nitrogens with zero attached hydrogens (tertiary/aromatic N) is 2. The summed E-state index contributed by atoms with van der Waals surface area (Å²) in [4.78, 5) is 6.73. The van der Waals surface area contributed by atoms with Crippen LogP contribution in [0.3, 0.4) is 0 Å². The number of sulfone groups is 1. The highest BCUT2D eigenvalue weighted by atomic mass is 32.2. The second-order valence-electron chi connectivity index (χ2n) is 8.72. The molecule has 0 spiro atoms. The largest absolute Gasteiger partial charge is 0.494 e. The fourth-order valence-corrected chi connectivity index (χ4v) is 5.39. The van der Waals surface area contributed by atoms with Crippen molar-refractivity contribution < 1.29 is 31.8 Å². The Morgan fingerprint density at radius 1 is 1.00 bits per heavy atom. The van der Waals surface area contributed by atoms with Crippen molar-refractivity contribution in [1.82, 2.24) is 9.88 Å². The minimum absolute atomic E-state index is 0.0520. The molecular formula is C26H31N3O7S. The number of benzene rings is 2. The first-order valence-electron chi connectivity index (χ1n) is 12.5. The standard InChI is InChI=1S/C26H31N3O7S/c1-2-13-33-20-5-3-19(4-6-20)24-28-26(25(36-24)27-9-10-29-11-14-32-15-12-29)37(30,31)21-7-8-22-23(18-21)35-17-16-34-22/h3-8,18,27H,2,9-17H2,1H3. The van der Waals surface area contributed by atoms with Gasteiger partial charge in [-0.1, -0.05) is 6.92 Å². The summed E-state index contributed by atoms with van der Waals surface area (Å²) in [6, 6.07) is 11.8. The zero-order valence-electron chi connectivity index (χ0n) is 20.8. The molecule has 1 saturated heterocycles. The van der Waals surface area contributed by atoms with Crippen molar-refractivity contribution in [3.05, 3.63) is 42.5 Å². The highest BCUT2D eigenvalue weighted by molar-refractivity contribution is 7.91. The second-order valence-corrected chi connectivity index (χ2v) is 10.6. The quantitative estimate of drug-likeness (QED) is 0.419. The number of hydrogen-bond acceptors (Lipinski definition) is 10. The average molecular weight is 530 g/mol. The number of fused-ring (bicyclic) bond motifs is 1. The third kappa shape index (κ3) is 5.84. The number of morpholine rings is 1. The number of aromatic nitrogens is 1. The molecule has 3 aromatic rings. The first-order valence-corrected chi connectivity index (χ1v) is 14.0. The van der Waals surface area contributed by atoms with Crippen LogP contribution in [-0.4, -0.2) is 77.5 Å². The van der Waals surface area contributed by atoms with Crippen LogP contribution in [0.5, 0.6) is 17.2 Å². The van der Waals surface area contributed by atoms with Crippen molar-refractivity contribution in [1.29, 1.82) is 0 Å². The lowest BCUT2D eigenvalue weighted by atomic mass is 10.2. The van der Waals surface area contributed by atoms with Crippen LogP contribution in [0.15, 0.2) is 56.8 Å². The summed E-state index contributed by atoms with van der Waals surface area (Å²) < 4.78 is 55.6. The molecule has 5 rings (SSSR count). The minimum atomic E-state index is -4.03. The lowest BCUT2D eigenvalue weighted by Crippen LogP contribution is -2.39. The van der Waals surface area contributed by atoms with Crippen LogP contribution in [-0.2, 0) is 14.6 Å². The van der Waals surface area contributed by atoms with Gasteiger partial charge < -0.3 is 28.7 Å². The van der Waals surface area contributed by atoms with Crippen LogP contribution in [0.25, 0.3) is 11.5 Å². The fraction of sp³-hybridized carbons (Fsp3) is 0.423. The second kappa shape index (κ2) is 11.4. The van der Waals surface area contributed by atoms with Gasteiger partial charge in [0.25, 0.3) is 0 Å². The van der Waals surface area contributed by atoms with Gasteiger partial charge >= 0.3 is 0 Å². The monoisotopic (exact) mass is 529 g/mol. The molecule has 0 saturated carbocycles. The molecule has 2 aromatic carbocycles. The Morgan fingerprint density at radius 2 is 1.76 bits per heavy atom. The van der Waals surface area contributed by atoms with E-state index in [2.05, 4.69) is 15.2 Å².